The van der Waals surface area contributed by atoms with Crippen LogP contribution in [0.4, 0.5) is 0 Å². The Morgan fingerprint density at radius 3 is 2.76 bits per heavy atom. The van der Waals surface area contributed by atoms with Crippen molar-refractivity contribution < 1.29 is 9.90 Å². The Morgan fingerprint density at radius 2 is 2.18 bits per heavy atom. The van der Waals surface area contributed by atoms with Crippen LogP contribution in [0.25, 0.3) is 0 Å². The molecule has 2 rings (SSSR count). The van der Waals surface area contributed by atoms with E-state index in [1.54, 1.807) is 11.3 Å². The molecule has 1 aliphatic carbocycles. The molecule has 0 spiro atoms. The Kier molecular flexibility index (Phi) is 3.84. The molecule has 1 aromatic rings. The van der Waals surface area contributed by atoms with E-state index in [-0.39, 0.29) is 12.3 Å². The lowest BCUT2D eigenvalue weighted by Gasteiger charge is -2.20. The molecule has 94 valence electrons. The van der Waals surface area contributed by atoms with Gasteiger partial charge in [-0.2, -0.15) is 0 Å². The summed E-state index contributed by atoms with van der Waals surface area (Å²) in [6.45, 7) is 2.63. The van der Waals surface area contributed by atoms with Gasteiger partial charge in [0, 0.05) is 9.75 Å². The molecule has 1 saturated carbocycles. The van der Waals surface area contributed by atoms with Crippen LogP contribution < -0.4 is 5.32 Å². The van der Waals surface area contributed by atoms with Gasteiger partial charge in [-0.3, -0.25) is 4.79 Å². The van der Waals surface area contributed by atoms with E-state index in [1.807, 2.05) is 6.07 Å². The number of hydrogen-bond acceptors (Lipinski definition) is 3. The highest BCUT2D eigenvalue weighted by atomic mass is 32.1. The van der Waals surface area contributed by atoms with Crippen molar-refractivity contribution in [1.29, 1.82) is 0 Å². The number of hydrogen-bond donors (Lipinski definition) is 2. The summed E-state index contributed by atoms with van der Waals surface area (Å²) in [5.41, 5.74) is -0.741. The second kappa shape index (κ2) is 5.19. The summed E-state index contributed by atoms with van der Waals surface area (Å²) in [4.78, 5) is 14.1. The van der Waals surface area contributed by atoms with E-state index < -0.39 is 5.60 Å². The number of aryl methyl sites for hydroxylation is 1. The van der Waals surface area contributed by atoms with E-state index in [2.05, 4.69) is 18.3 Å². The van der Waals surface area contributed by atoms with E-state index >= 15 is 0 Å². The van der Waals surface area contributed by atoms with Gasteiger partial charge in [0.15, 0.2) is 0 Å². The van der Waals surface area contributed by atoms with Gasteiger partial charge in [0.25, 0.3) is 0 Å². The summed E-state index contributed by atoms with van der Waals surface area (Å²) >= 11 is 1.69. The first-order chi connectivity index (χ1) is 8.07. The molecule has 1 heterocycles. The highest BCUT2D eigenvalue weighted by Crippen LogP contribution is 2.32. The maximum absolute atomic E-state index is 11.7. The zero-order chi connectivity index (χ0) is 12.3. The highest BCUT2D eigenvalue weighted by molar-refractivity contribution is 7.11. The number of carbonyl (C=O) groups is 1. The third kappa shape index (κ3) is 3.54. The summed E-state index contributed by atoms with van der Waals surface area (Å²) in [6, 6.07) is 4.08. The molecule has 1 aromatic heterocycles. The SMILES string of the molecule is Cc1ccc(CNC(=O)CC2(O)CCCC2)s1. The Hall–Kier alpha value is -0.870. The van der Waals surface area contributed by atoms with Gasteiger partial charge in [-0.05, 0) is 31.9 Å². The van der Waals surface area contributed by atoms with Crippen molar-refractivity contribution in [3.63, 3.8) is 0 Å². The van der Waals surface area contributed by atoms with Crippen molar-refractivity contribution in [1.82, 2.24) is 5.32 Å². The average molecular weight is 253 g/mol. The fourth-order valence-electron chi connectivity index (χ4n) is 2.34. The fourth-order valence-corrected chi connectivity index (χ4v) is 3.17. The van der Waals surface area contributed by atoms with Crippen LogP contribution in [0.15, 0.2) is 12.1 Å². The first kappa shape index (κ1) is 12.6. The number of rotatable bonds is 4. The van der Waals surface area contributed by atoms with Gasteiger partial charge in [-0.15, -0.1) is 11.3 Å². The van der Waals surface area contributed by atoms with E-state index in [0.717, 1.165) is 30.6 Å². The van der Waals surface area contributed by atoms with Crippen molar-refractivity contribution in [3.05, 3.63) is 21.9 Å². The molecule has 2 N–H and O–H groups in total. The van der Waals surface area contributed by atoms with Crippen molar-refractivity contribution in [2.24, 2.45) is 0 Å². The van der Waals surface area contributed by atoms with Gasteiger partial charge >= 0.3 is 0 Å². The topological polar surface area (TPSA) is 49.3 Å². The van der Waals surface area contributed by atoms with Crippen molar-refractivity contribution >= 4 is 17.2 Å². The smallest absolute Gasteiger partial charge is 0.223 e. The molecule has 0 saturated heterocycles. The van der Waals surface area contributed by atoms with Gasteiger partial charge < -0.3 is 10.4 Å². The summed E-state index contributed by atoms with van der Waals surface area (Å²) in [5, 5.41) is 13.0. The minimum atomic E-state index is -0.741. The molecule has 1 aliphatic rings. The van der Waals surface area contributed by atoms with Gasteiger partial charge in [0.2, 0.25) is 5.91 Å². The fraction of sp³-hybridized carbons (Fsp3) is 0.615. The summed E-state index contributed by atoms with van der Waals surface area (Å²) in [6.07, 6.45) is 3.84. The number of amides is 1. The molecule has 0 bridgehead atoms. The molecule has 1 amide bonds. The van der Waals surface area contributed by atoms with Crippen LogP contribution in [0.3, 0.4) is 0 Å². The van der Waals surface area contributed by atoms with Crippen molar-refractivity contribution in [2.45, 2.75) is 51.2 Å². The molecule has 0 atom stereocenters. The number of carbonyl (C=O) groups excluding carboxylic acids is 1. The molecule has 3 nitrogen and oxygen atoms in total. The monoisotopic (exact) mass is 253 g/mol. The molecule has 0 aliphatic heterocycles. The first-order valence-electron chi connectivity index (χ1n) is 6.12. The van der Waals surface area contributed by atoms with Gasteiger partial charge in [0.1, 0.15) is 0 Å². The zero-order valence-electron chi connectivity index (χ0n) is 10.2. The summed E-state index contributed by atoms with van der Waals surface area (Å²) in [7, 11) is 0. The van der Waals surface area contributed by atoms with Crippen LogP contribution in [-0.4, -0.2) is 16.6 Å². The van der Waals surface area contributed by atoms with Crippen LogP contribution in [0.2, 0.25) is 0 Å². The Balaban J connectivity index is 1.77. The van der Waals surface area contributed by atoms with Crippen LogP contribution in [0, 0.1) is 6.92 Å². The maximum Gasteiger partial charge on any atom is 0.223 e. The molecule has 0 unspecified atom stereocenters. The number of aliphatic hydroxyl groups is 1. The van der Waals surface area contributed by atoms with E-state index in [1.165, 1.54) is 4.88 Å². The quantitative estimate of drug-likeness (QED) is 0.865. The third-order valence-corrected chi connectivity index (χ3v) is 4.28. The second-order valence-corrected chi connectivity index (χ2v) is 6.27. The normalized spacial score (nSPS) is 18.2. The van der Waals surface area contributed by atoms with Crippen LogP contribution in [0.1, 0.15) is 41.9 Å². The Morgan fingerprint density at radius 1 is 1.47 bits per heavy atom. The second-order valence-electron chi connectivity index (χ2n) is 4.90. The minimum absolute atomic E-state index is 0.0412. The lowest BCUT2D eigenvalue weighted by molar-refractivity contribution is -0.126. The Labute approximate surface area is 106 Å². The van der Waals surface area contributed by atoms with Gasteiger partial charge in [-0.1, -0.05) is 12.8 Å². The highest BCUT2D eigenvalue weighted by Gasteiger charge is 2.33. The number of nitrogens with one attached hydrogen (secondary N) is 1. The van der Waals surface area contributed by atoms with Gasteiger partial charge in [0.05, 0.1) is 18.6 Å². The molecule has 4 heteroatoms. The van der Waals surface area contributed by atoms with Crippen LogP contribution in [-0.2, 0) is 11.3 Å². The minimum Gasteiger partial charge on any atom is -0.389 e. The molecular weight excluding hydrogens is 234 g/mol. The number of thiophene rings is 1. The van der Waals surface area contributed by atoms with Crippen LogP contribution >= 0.6 is 11.3 Å². The molecule has 1 fully saturated rings. The average Bonchev–Trinajstić information content (AvgIpc) is 2.85. The largest absolute Gasteiger partial charge is 0.389 e. The standard InChI is InChI=1S/C13H19NO2S/c1-10-4-5-11(17-10)9-14-12(15)8-13(16)6-2-3-7-13/h4-5,16H,2-3,6-9H2,1H3,(H,14,15). The predicted molar refractivity (Wildman–Crippen MR) is 68.9 cm³/mol. The molecule has 0 radical (unpaired) electrons. The maximum atomic E-state index is 11.7. The molecule has 0 aromatic carbocycles. The van der Waals surface area contributed by atoms with Crippen molar-refractivity contribution in [3.8, 4) is 0 Å². The van der Waals surface area contributed by atoms with E-state index in [0.29, 0.717) is 6.54 Å². The lowest BCUT2D eigenvalue weighted by atomic mass is 9.98. The Bertz CT molecular complexity index is 394. The molecular formula is C13H19NO2S. The van der Waals surface area contributed by atoms with Crippen LogP contribution in [0.5, 0.6) is 0 Å². The third-order valence-electron chi connectivity index (χ3n) is 3.28. The van der Waals surface area contributed by atoms with Gasteiger partial charge in [-0.25, -0.2) is 0 Å². The van der Waals surface area contributed by atoms with E-state index in [4.69, 9.17) is 0 Å². The van der Waals surface area contributed by atoms with E-state index in [9.17, 15) is 9.90 Å². The lowest BCUT2D eigenvalue weighted by Crippen LogP contribution is -2.34. The predicted octanol–water partition coefficient (Wildman–Crippen LogP) is 2.37. The van der Waals surface area contributed by atoms with Crippen molar-refractivity contribution in [2.75, 3.05) is 0 Å². The zero-order valence-corrected chi connectivity index (χ0v) is 11.0. The first-order valence-corrected chi connectivity index (χ1v) is 6.93. The summed E-state index contributed by atoms with van der Waals surface area (Å²) < 4.78 is 0. The summed E-state index contributed by atoms with van der Waals surface area (Å²) in [5.74, 6) is -0.0412. The molecule has 17 heavy (non-hydrogen) atoms.